The number of hydrogen-bond acceptors (Lipinski definition) is 2. The zero-order chi connectivity index (χ0) is 14.1. The highest BCUT2D eigenvalue weighted by Gasteiger charge is 2.48. The van der Waals surface area contributed by atoms with Gasteiger partial charge in [-0.1, -0.05) is 38.1 Å². The fourth-order valence-corrected chi connectivity index (χ4v) is 2.96. The molecule has 0 heterocycles. The molecule has 1 aromatic carbocycles. The van der Waals surface area contributed by atoms with Crippen molar-refractivity contribution in [1.29, 1.82) is 0 Å². The highest BCUT2D eigenvalue weighted by Crippen LogP contribution is 2.53. The van der Waals surface area contributed by atoms with Crippen LogP contribution in [0.3, 0.4) is 0 Å². The number of carboxylic acid groups (broad SMARTS) is 1. The molecule has 1 aliphatic rings. The van der Waals surface area contributed by atoms with Crippen molar-refractivity contribution in [3.8, 4) is 0 Å². The van der Waals surface area contributed by atoms with Gasteiger partial charge >= 0.3 is 5.97 Å². The third-order valence-corrected chi connectivity index (χ3v) is 4.08. The Bertz CT molecular complexity index is 473. The van der Waals surface area contributed by atoms with Crippen LogP contribution in [0.5, 0.6) is 0 Å². The maximum Gasteiger partial charge on any atom is 0.304 e. The fraction of sp³-hybridized carbons (Fsp3) is 0.562. The first-order valence-corrected chi connectivity index (χ1v) is 6.72. The SMILES string of the molecule is COCC(C)(C)c1ccccc1C1(CC(=O)O)CC1. The van der Waals surface area contributed by atoms with Gasteiger partial charge in [0.05, 0.1) is 13.0 Å². The lowest BCUT2D eigenvalue weighted by Gasteiger charge is -2.30. The topological polar surface area (TPSA) is 46.5 Å². The highest BCUT2D eigenvalue weighted by molar-refractivity contribution is 5.70. The second-order valence-electron chi connectivity index (χ2n) is 6.21. The van der Waals surface area contributed by atoms with E-state index in [1.54, 1.807) is 7.11 Å². The first-order chi connectivity index (χ1) is 8.91. The van der Waals surface area contributed by atoms with E-state index in [9.17, 15) is 4.79 Å². The van der Waals surface area contributed by atoms with E-state index in [0.29, 0.717) is 6.61 Å². The zero-order valence-corrected chi connectivity index (χ0v) is 11.9. The lowest BCUT2D eigenvalue weighted by Crippen LogP contribution is -2.28. The van der Waals surface area contributed by atoms with Crippen molar-refractivity contribution in [2.45, 2.75) is 43.9 Å². The summed E-state index contributed by atoms with van der Waals surface area (Å²) in [4.78, 5) is 11.1. The van der Waals surface area contributed by atoms with E-state index in [1.165, 1.54) is 11.1 Å². The molecule has 1 aliphatic carbocycles. The summed E-state index contributed by atoms with van der Waals surface area (Å²) in [6.07, 6.45) is 2.17. The van der Waals surface area contributed by atoms with E-state index in [-0.39, 0.29) is 17.3 Å². The average molecular weight is 262 g/mol. The number of benzene rings is 1. The van der Waals surface area contributed by atoms with E-state index >= 15 is 0 Å². The predicted molar refractivity (Wildman–Crippen MR) is 74.5 cm³/mol. The van der Waals surface area contributed by atoms with Crippen molar-refractivity contribution >= 4 is 5.97 Å². The smallest absolute Gasteiger partial charge is 0.304 e. The number of methoxy groups -OCH3 is 1. The Morgan fingerprint density at radius 1 is 1.37 bits per heavy atom. The Kier molecular flexibility index (Phi) is 3.68. The summed E-state index contributed by atoms with van der Waals surface area (Å²) in [5, 5.41) is 9.12. The molecule has 0 bridgehead atoms. The van der Waals surface area contributed by atoms with E-state index in [2.05, 4.69) is 26.0 Å². The van der Waals surface area contributed by atoms with Gasteiger partial charge in [-0.15, -0.1) is 0 Å². The lowest BCUT2D eigenvalue weighted by atomic mass is 9.77. The molecular weight excluding hydrogens is 240 g/mol. The standard InChI is InChI=1S/C16H22O3/c1-15(2,11-19-3)12-6-4-5-7-13(12)16(8-9-16)10-14(17)18/h4-7H,8-11H2,1-3H3,(H,17,18). The lowest BCUT2D eigenvalue weighted by molar-refractivity contribution is -0.137. The molecule has 0 spiro atoms. The second kappa shape index (κ2) is 4.97. The largest absolute Gasteiger partial charge is 0.481 e. The third-order valence-electron chi connectivity index (χ3n) is 4.08. The maximum atomic E-state index is 11.1. The molecule has 3 nitrogen and oxygen atoms in total. The minimum absolute atomic E-state index is 0.0978. The van der Waals surface area contributed by atoms with Gasteiger partial charge in [-0.25, -0.2) is 0 Å². The van der Waals surface area contributed by atoms with Crippen LogP contribution in [0.25, 0.3) is 0 Å². The predicted octanol–water partition coefficient (Wildman–Crippen LogP) is 3.12. The molecule has 0 amide bonds. The monoisotopic (exact) mass is 262 g/mol. The summed E-state index contributed by atoms with van der Waals surface area (Å²) in [5.41, 5.74) is 2.17. The quantitative estimate of drug-likeness (QED) is 0.856. The van der Waals surface area contributed by atoms with Crippen LogP contribution in [0.1, 0.15) is 44.2 Å². The first-order valence-electron chi connectivity index (χ1n) is 6.72. The van der Waals surface area contributed by atoms with E-state index in [1.807, 2.05) is 12.1 Å². The van der Waals surface area contributed by atoms with Gasteiger partial charge in [0.2, 0.25) is 0 Å². The molecule has 0 aromatic heterocycles. The average Bonchev–Trinajstić information content (AvgIpc) is 3.09. The molecule has 1 fully saturated rings. The Morgan fingerprint density at radius 3 is 2.53 bits per heavy atom. The number of aliphatic carboxylic acids is 1. The zero-order valence-electron chi connectivity index (χ0n) is 11.9. The molecule has 19 heavy (non-hydrogen) atoms. The summed E-state index contributed by atoms with van der Waals surface area (Å²) in [7, 11) is 1.70. The van der Waals surface area contributed by atoms with E-state index in [0.717, 1.165) is 12.8 Å². The van der Waals surface area contributed by atoms with Crippen molar-refractivity contribution < 1.29 is 14.6 Å². The fourth-order valence-electron chi connectivity index (χ4n) is 2.96. The second-order valence-corrected chi connectivity index (χ2v) is 6.21. The molecule has 2 rings (SSSR count). The Balaban J connectivity index is 2.39. The highest BCUT2D eigenvalue weighted by atomic mass is 16.5. The van der Waals surface area contributed by atoms with Gasteiger partial charge in [-0.3, -0.25) is 4.79 Å². The van der Waals surface area contributed by atoms with Crippen LogP contribution >= 0.6 is 0 Å². The minimum Gasteiger partial charge on any atom is -0.481 e. The van der Waals surface area contributed by atoms with Crippen LogP contribution in [-0.2, 0) is 20.4 Å². The molecule has 0 radical (unpaired) electrons. The molecule has 1 aromatic rings. The van der Waals surface area contributed by atoms with Crippen LogP contribution in [0.15, 0.2) is 24.3 Å². The Morgan fingerprint density at radius 2 is 2.00 bits per heavy atom. The molecule has 1 N–H and O–H groups in total. The van der Waals surface area contributed by atoms with Crippen LogP contribution in [0.4, 0.5) is 0 Å². The first kappa shape index (κ1) is 14.1. The number of hydrogen-bond donors (Lipinski definition) is 1. The molecular formula is C16H22O3. The van der Waals surface area contributed by atoms with Gasteiger partial charge in [0.15, 0.2) is 0 Å². The van der Waals surface area contributed by atoms with Gasteiger partial charge in [0.1, 0.15) is 0 Å². The molecule has 1 saturated carbocycles. The molecule has 0 saturated heterocycles. The van der Waals surface area contributed by atoms with Gasteiger partial charge < -0.3 is 9.84 Å². The van der Waals surface area contributed by atoms with Crippen LogP contribution in [-0.4, -0.2) is 24.8 Å². The molecule has 104 valence electrons. The summed E-state index contributed by atoms with van der Waals surface area (Å²) >= 11 is 0. The van der Waals surface area contributed by atoms with Crippen molar-refractivity contribution in [2.24, 2.45) is 0 Å². The third kappa shape index (κ3) is 2.81. The summed E-state index contributed by atoms with van der Waals surface area (Å²) in [6.45, 7) is 4.92. The number of ether oxygens (including phenoxy) is 1. The number of rotatable bonds is 6. The van der Waals surface area contributed by atoms with Gasteiger partial charge in [-0.2, -0.15) is 0 Å². The van der Waals surface area contributed by atoms with Crippen molar-refractivity contribution in [1.82, 2.24) is 0 Å². The van der Waals surface area contributed by atoms with Crippen LogP contribution < -0.4 is 0 Å². The van der Waals surface area contributed by atoms with Crippen LogP contribution in [0.2, 0.25) is 0 Å². The number of carboxylic acids is 1. The maximum absolute atomic E-state index is 11.1. The van der Waals surface area contributed by atoms with E-state index < -0.39 is 5.97 Å². The molecule has 0 aliphatic heterocycles. The molecule has 0 unspecified atom stereocenters. The van der Waals surface area contributed by atoms with Crippen LogP contribution in [0, 0.1) is 0 Å². The van der Waals surface area contributed by atoms with Gasteiger partial charge in [0, 0.05) is 17.9 Å². The van der Waals surface area contributed by atoms with Crippen molar-refractivity contribution in [3.63, 3.8) is 0 Å². The minimum atomic E-state index is -0.711. The summed E-state index contributed by atoms with van der Waals surface area (Å²) in [6, 6.07) is 8.22. The van der Waals surface area contributed by atoms with Crippen molar-refractivity contribution in [2.75, 3.05) is 13.7 Å². The van der Waals surface area contributed by atoms with Crippen molar-refractivity contribution in [3.05, 3.63) is 35.4 Å². The molecule has 3 heteroatoms. The normalized spacial score (nSPS) is 17.2. The Labute approximate surface area is 114 Å². The van der Waals surface area contributed by atoms with E-state index in [4.69, 9.17) is 9.84 Å². The Hall–Kier alpha value is -1.35. The van der Waals surface area contributed by atoms with Gasteiger partial charge in [-0.05, 0) is 24.0 Å². The van der Waals surface area contributed by atoms with Gasteiger partial charge in [0.25, 0.3) is 0 Å². The summed E-state index contributed by atoms with van der Waals surface area (Å²) in [5.74, 6) is -0.711. The summed E-state index contributed by atoms with van der Waals surface area (Å²) < 4.78 is 5.31. The molecule has 0 atom stereocenters. The number of carbonyl (C=O) groups is 1.